The number of non-ortho nitro benzene ring substituents is 1. The van der Waals surface area contributed by atoms with Crippen LogP contribution in [0.3, 0.4) is 0 Å². The fraction of sp³-hybridized carbons (Fsp3) is 0.200. The van der Waals surface area contributed by atoms with Gasteiger partial charge in [-0.25, -0.2) is 0 Å². The highest BCUT2D eigenvalue weighted by molar-refractivity contribution is 6.25. The Morgan fingerprint density at radius 2 is 1.86 bits per heavy atom. The minimum absolute atomic E-state index is 0.103. The molecule has 4 rings (SSSR count). The minimum Gasteiger partial charge on any atom is -0.470 e. The van der Waals surface area contributed by atoms with Gasteiger partial charge in [-0.15, -0.1) is 0 Å². The van der Waals surface area contributed by atoms with Crippen LogP contribution in [0.25, 0.3) is 0 Å². The maximum Gasteiger partial charge on any atom is 0.271 e. The number of rotatable bonds is 6. The van der Waals surface area contributed by atoms with Gasteiger partial charge in [0.25, 0.3) is 11.6 Å². The molecule has 2 aromatic rings. The summed E-state index contributed by atoms with van der Waals surface area (Å²) in [5.41, 5.74) is 0.686. The van der Waals surface area contributed by atoms with Crippen molar-refractivity contribution in [2.75, 3.05) is 11.9 Å². The van der Waals surface area contributed by atoms with Crippen molar-refractivity contribution in [2.45, 2.75) is 18.4 Å². The number of carbonyl (C=O) groups excluding carboxylic acids is 2. The highest BCUT2D eigenvalue weighted by Gasteiger charge is 2.47. The van der Waals surface area contributed by atoms with Crippen LogP contribution in [-0.4, -0.2) is 23.2 Å². The normalized spacial score (nSPS) is 17.1. The first-order valence-corrected chi connectivity index (χ1v) is 8.78. The highest BCUT2D eigenvalue weighted by Crippen LogP contribution is 2.46. The molecule has 1 saturated carbocycles. The molecular weight excluding hydrogens is 362 g/mol. The van der Waals surface area contributed by atoms with Gasteiger partial charge in [0.1, 0.15) is 5.57 Å². The zero-order valence-corrected chi connectivity index (χ0v) is 14.8. The number of nitrogens with one attached hydrogen (secondary N) is 2. The Hall–Kier alpha value is -3.68. The third kappa shape index (κ3) is 3.32. The van der Waals surface area contributed by atoms with Crippen LogP contribution in [0.15, 0.2) is 66.1 Å². The molecule has 0 bridgehead atoms. The van der Waals surface area contributed by atoms with Crippen molar-refractivity contribution in [3.05, 3.63) is 81.7 Å². The summed E-state index contributed by atoms with van der Waals surface area (Å²) >= 11 is 0. The Bertz CT molecular complexity index is 996. The van der Waals surface area contributed by atoms with Crippen molar-refractivity contribution in [2.24, 2.45) is 0 Å². The lowest BCUT2D eigenvalue weighted by atomic mass is 10.0. The molecular formula is C20H17N3O5. The van der Waals surface area contributed by atoms with Gasteiger partial charge in [-0.05, 0) is 24.5 Å². The van der Waals surface area contributed by atoms with Gasteiger partial charge in [0, 0.05) is 17.8 Å². The SMILES string of the molecule is O=C1COC(NC2(c3ccccc3)CC2)=C1C(=O)Nc1cccc([N+](=O)[O-])c1. The summed E-state index contributed by atoms with van der Waals surface area (Å²) in [6.07, 6.45) is 1.72. The summed E-state index contributed by atoms with van der Waals surface area (Å²) in [7, 11) is 0. The maximum absolute atomic E-state index is 12.7. The van der Waals surface area contributed by atoms with E-state index >= 15 is 0 Å². The van der Waals surface area contributed by atoms with Crippen LogP contribution in [0.2, 0.25) is 0 Å². The molecule has 1 amide bonds. The second-order valence-corrected chi connectivity index (χ2v) is 6.75. The van der Waals surface area contributed by atoms with E-state index in [1.807, 2.05) is 30.3 Å². The second kappa shape index (κ2) is 6.80. The number of nitrogens with zero attached hydrogens (tertiary/aromatic N) is 1. The third-order valence-electron chi connectivity index (χ3n) is 4.82. The molecule has 1 aliphatic carbocycles. The first kappa shape index (κ1) is 17.7. The second-order valence-electron chi connectivity index (χ2n) is 6.75. The van der Waals surface area contributed by atoms with E-state index in [0.29, 0.717) is 0 Å². The number of carbonyl (C=O) groups is 2. The molecule has 8 nitrogen and oxygen atoms in total. The van der Waals surface area contributed by atoms with Gasteiger partial charge >= 0.3 is 0 Å². The number of anilines is 1. The van der Waals surface area contributed by atoms with Gasteiger partial charge in [-0.1, -0.05) is 36.4 Å². The van der Waals surface area contributed by atoms with Crippen LogP contribution in [0.1, 0.15) is 18.4 Å². The van der Waals surface area contributed by atoms with Gasteiger partial charge in [0.2, 0.25) is 11.7 Å². The van der Waals surface area contributed by atoms with Gasteiger partial charge in [-0.2, -0.15) is 0 Å². The Morgan fingerprint density at radius 1 is 1.11 bits per heavy atom. The Kier molecular flexibility index (Phi) is 4.31. The van der Waals surface area contributed by atoms with E-state index in [1.54, 1.807) is 0 Å². The van der Waals surface area contributed by atoms with E-state index in [2.05, 4.69) is 10.6 Å². The quantitative estimate of drug-likeness (QED) is 0.453. The Balaban J connectivity index is 1.58. The van der Waals surface area contributed by atoms with E-state index in [0.717, 1.165) is 18.4 Å². The summed E-state index contributed by atoms with van der Waals surface area (Å²) in [5.74, 6) is -0.946. The number of amides is 1. The first-order chi connectivity index (χ1) is 13.5. The molecule has 0 unspecified atom stereocenters. The number of ether oxygens (including phenoxy) is 1. The van der Waals surface area contributed by atoms with E-state index < -0.39 is 16.6 Å². The first-order valence-electron chi connectivity index (χ1n) is 8.78. The molecule has 0 atom stereocenters. The number of Topliss-reactive ketones (excluding diaryl/α,β-unsaturated/α-hetero) is 1. The van der Waals surface area contributed by atoms with Gasteiger partial charge in [0.05, 0.1) is 10.5 Å². The molecule has 2 aliphatic rings. The lowest BCUT2D eigenvalue weighted by Crippen LogP contribution is -2.31. The lowest BCUT2D eigenvalue weighted by Gasteiger charge is -2.20. The van der Waals surface area contributed by atoms with Crippen molar-refractivity contribution in [3.8, 4) is 0 Å². The number of nitro benzene ring substituents is 1. The number of nitro groups is 1. The van der Waals surface area contributed by atoms with Crippen LogP contribution in [0.4, 0.5) is 11.4 Å². The predicted octanol–water partition coefficient (Wildman–Crippen LogP) is 2.62. The average Bonchev–Trinajstić information content (AvgIpc) is 3.39. The molecule has 2 N–H and O–H groups in total. The lowest BCUT2D eigenvalue weighted by molar-refractivity contribution is -0.384. The molecule has 0 saturated heterocycles. The largest absolute Gasteiger partial charge is 0.470 e. The smallest absolute Gasteiger partial charge is 0.271 e. The molecule has 0 spiro atoms. The molecule has 1 aliphatic heterocycles. The van der Waals surface area contributed by atoms with Crippen molar-refractivity contribution in [1.82, 2.24) is 5.32 Å². The fourth-order valence-corrected chi connectivity index (χ4v) is 3.21. The van der Waals surface area contributed by atoms with E-state index in [-0.39, 0.29) is 35.0 Å². The Morgan fingerprint density at radius 3 is 2.54 bits per heavy atom. The van der Waals surface area contributed by atoms with Gasteiger partial charge in [-0.3, -0.25) is 19.7 Å². The van der Waals surface area contributed by atoms with Crippen molar-refractivity contribution in [1.29, 1.82) is 0 Å². The standard InChI is InChI=1S/C20H17N3O5/c24-16-12-28-19(22-20(9-10-20)13-5-2-1-3-6-13)17(16)18(25)21-14-7-4-8-15(11-14)23(26)27/h1-8,11,22H,9-10,12H2,(H,21,25). The third-order valence-corrected chi connectivity index (χ3v) is 4.82. The van der Waals surface area contributed by atoms with E-state index in [1.165, 1.54) is 24.3 Å². The number of hydrogen-bond acceptors (Lipinski definition) is 6. The van der Waals surface area contributed by atoms with Crippen LogP contribution in [0.5, 0.6) is 0 Å². The predicted molar refractivity (Wildman–Crippen MR) is 100 cm³/mol. The van der Waals surface area contributed by atoms with E-state index in [9.17, 15) is 19.7 Å². The maximum atomic E-state index is 12.7. The molecule has 142 valence electrons. The zero-order valence-electron chi connectivity index (χ0n) is 14.8. The van der Waals surface area contributed by atoms with Gasteiger partial charge < -0.3 is 15.4 Å². The molecule has 1 fully saturated rings. The summed E-state index contributed by atoms with van der Waals surface area (Å²) in [4.78, 5) is 35.3. The van der Waals surface area contributed by atoms with Crippen LogP contribution in [-0.2, 0) is 19.9 Å². The van der Waals surface area contributed by atoms with E-state index in [4.69, 9.17) is 4.74 Å². The summed E-state index contributed by atoms with van der Waals surface area (Å²) in [5, 5.41) is 16.7. The van der Waals surface area contributed by atoms with Crippen LogP contribution >= 0.6 is 0 Å². The summed E-state index contributed by atoms with van der Waals surface area (Å²) in [6.45, 7) is -0.217. The number of ketones is 1. The van der Waals surface area contributed by atoms with Crippen molar-refractivity contribution < 1.29 is 19.2 Å². The number of benzene rings is 2. The monoisotopic (exact) mass is 379 g/mol. The molecule has 1 heterocycles. The van der Waals surface area contributed by atoms with Crippen molar-refractivity contribution in [3.63, 3.8) is 0 Å². The Labute approximate surface area is 160 Å². The average molecular weight is 379 g/mol. The minimum atomic E-state index is -0.658. The topological polar surface area (TPSA) is 111 Å². The molecule has 28 heavy (non-hydrogen) atoms. The fourth-order valence-electron chi connectivity index (χ4n) is 3.21. The molecule has 0 radical (unpaired) electrons. The molecule has 2 aromatic carbocycles. The van der Waals surface area contributed by atoms with Gasteiger partial charge in [0.15, 0.2) is 6.61 Å². The number of hydrogen-bond donors (Lipinski definition) is 2. The van der Waals surface area contributed by atoms with Crippen molar-refractivity contribution >= 4 is 23.1 Å². The summed E-state index contributed by atoms with van der Waals surface area (Å²) < 4.78 is 5.45. The molecule has 8 heteroatoms. The molecule has 0 aromatic heterocycles. The zero-order chi connectivity index (χ0) is 19.7. The van der Waals surface area contributed by atoms with Crippen LogP contribution in [0, 0.1) is 10.1 Å². The highest BCUT2D eigenvalue weighted by atomic mass is 16.6. The summed E-state index contributed by atoms with van der Waals surface area (Å²) in [6, 6.07) is 15.3. The van der Waals surface area contributed by atoms with Crippen LogP contribution < -0.4 is 10.6 Å².